The number of nitrogens with zero attached hydrogens (tertiary/aromatic N) is 3. The van der Waals surface area contributed by atoms with Gasteiger partial charge in [0.15, 0.2) is 11.6 Å². The molecule has 0 bridgehead atoms. The Bertz CT molecular complexity index is 1100. The summed E-state index contributed by atoms with van der Waals surface area (Å²) in [5, 5.41) is 11.4. The average molecular weight is 401 g/mol. The predicted octanol–water partition coefficient (Wildman–Crippen LogP) is 3.79. The van der Waals surface area contributed by atoms with Gasteiger partial charge in [0.05, 0.1) is 16.4 Å². The molecule has 0 aliphatic rings. The molecule has 0 saturated carbocycles. The molecule has 0 fully saturated rings. The number of aryl methyl sites for hydroxylation is 1. The Balaban J connectivity index is 2.07. The van der Waals surface area contributed by atoms with Crippen molar-refractivity contribution in [2.45, 2.75) is 25.2 Å². The van der Waals surface area contributed by atoms with Crippen molar-refractivity contribution in [2.75, 3.05) is 6.61 Å². The van der Waals surface area contributed by atoms with E-state index in [2.05, 4.69) is 4.98 Å². The third-order valence-electron chi connectivity index (χ3n) is 4.06. The summed E-state index contributed by atoms with van der Waals surface area (Å²) >= 11 is 0. The van der Waals surface area contributed by atoms with Crippen molar-refractivity contribution < 1.29 is 18.1 Å². The molecule has 0 N–H and O–H groups in total. The van der Waals surface area contributed by atoms with Crippen LogP contribution in [0.25, 0.3) is 11.4 Å². The van der Waals surface area contributed by atoms with Crippen LogP contribution in [0.1, 0.15) is 18.9 Å². The highest BCUT2D eigenvalue weighted by molar-refractivity contribution is 7.90. The number of imidazole rings is 1. The van der Waals surface area contributed by atoms with Crippen LogP contribution in [0.3, 0.4) is 0 Å². The molecule has 0 unspecified atom stereocenters. The van der Waals surface area contributed by atoms with E-state index in [1.165, 1.54) is 36.7 Å². The predicted molar refractivity (Wildman–Crippen MR) is 104 cm³/mol. The number of nitro benzene ring substituents is 1. The summed E-state index contributed by atoms with van der Waals surface area (Å²) < 4.78 is 32.4. The number of aromatic nitrogens is 2. The summed E-state index contributed by atoms with van der Waals surface area (Å²) in [7, 11) is -3.90. The molecule has 8 nitrogen and oxygen atoms in total. The minimum absolute atomic E-state index is 0.0886. The van der Waals surface area contributed by atoms with Crippen LogP contribution < -0.4 is 4.74 Å². The van der Waals surface area contributed by atoms with E-state index >= 15 is 0 Å². The van der Waals surface area contributed by atoms with Crippen LogP contribution in [0.2, 0.25) is 0 Å². The molecule has 28 heavy (non-hydrogen) atoms. The first-order chi connectivity index (χ1) is 13.3. The van der Waals surface area contributed by atoms with Crippen LogP contribution in [-0.2, 0) is 10.0 Å². The van der Waals surface area contributed by atoms with E-state index in [1.54, 1.807) is 18.2 Å². The fourth-order valence-electron chi connectivity index (χ4n) is 2.64. The zero-order valence-corrected chi connectivity index (χ0v) is 16.2. The molecule has 0 aliphatic heterocycles. The molecular weight excluding hydrogens is 382 g/mol. The smallest absolute Gasteiger partial charge is 0.311 e. The van der Waals surface area contributed by atoms with Gasteiger partial charge in [-0.05, 0) is 37.6 Å². The van der Waals surface area contributed by atoms with E-state index in [1.807, 2.05) is 13.8 Å². The largest absolute Gasteiger partial charge is 0.487 e. The summed E-state index contributed by atoms with van der Waals surface area (Å²) in [6.45, 7) is 4.10. The molecular formula is C19H19N3O5S. The molecule has 3 rings (SSSR count). The lowest BCUT2D eigenvalue weighted by molar-refractivity contribution is -0.385. The summed E-state index contributed by atoms with van der Waals surface area (Å²) in [5.74, 6) is 0.223. The summed E-state index contributed by atoms with van der Waals surface area (Å²) in [6.07, 6.45) is 3.37. The van der Waals surface area contributed by atoms with Crippen LogP contribution in [0.15, 0.2) is 59.8 Å². The van der Waals surface area contributed by atoms with Crippen molar-refractivity contribution in [2.24, 2.45) is 0 Å². The topological polar surface area (TPSA) is 104 Å². The van der Waals surface area contributed by atoms with Crippen molar-refractivity contribution in [3.05, 3.63) is 70.5 Å². The van der Waals surface area contributed by atoms with Gasteiger partial charge in [0, 0.05) is 24.0 Å². The molecule has 0 radical (unpaired) electrons. The second-order valence-electron chi connectivity index (χ2n) is 6.15. The molecule has 146 valence electrons. The monoisotopic (exact) mass is 401 g/mol. The third kappa shape index (κ3) is 3.74. The number of benzene rings is 2. The van der Waals surface area contributed by atoms with Crippen LogP contribution >= 0.6 is 0 Å². The number of ether oxygens (including phenoxy) is 1. The van der Waals surface area contributed by atoms with Crippen LogP contribution in [0.4, 0.5) is 5.69 Å². The van der Waals surface area contributed by atoms with E-state index in [0.717, 1.165) is 9.54 Å². The average Bonchev–Trinajstić information content (AvgIpc) is 3.17. The fourth-order valence-corrected chi connectivity index (χ4v) is 3.95. The molecule has 0 aliphatic carbocycles. The molecule has 2 aromatic carbocycles. The van der Waals surface area contributed by atoms with Crippen molar-refractivity contribution in [1.29, 1.82) is 0 Å². The van der Waals surface area contributed by atoms with Gasteiger partial charge in [-0.25, -0.2) is 17.4 Å². The van der Waals surface area contributed by atoms with E-state index in [0.29, 0.717) is 18.6 Å². The van der Waals surface area contributed by atoms with Gasteiger partial charge in [-0.3, -0.25) is 10.1 Å². The summed E-state index contributed by atoms with van der Waals surface area (Å²) in [4.78, 5) is 15.1. The second-order valence-corrected chi connectivity index (χ2v) is 7.97. The molecule has 0 amide bonds. The van der Waals surface area contributed by atoms with Gasteiger partial charge in [-0.2, -0.15) is 0 Å². The Kier molecular flexibility index (Phi) is 5.46. The van der Waals surface area contributed by atoms with Gasteiger partial charge >= 0.3 is 5.69 Å². The third-order valence-corrected chi connectivity index (χ3v) is 5.74. The first-order valence-corrected chi connectivity index (χ1v) is 10.1. The number of rotatable bonds is 7. The Morgan fingerprint density at radius 2 is 1.89 bits per heavy atom. The van der Waals surface area contributed by atoms with Crippen LogP contribution in [0, 0.1) is 17.0 Å². The number of nitro groups is 1. The molecule has 0 atom stereocenters. The minimum atomic E-state index is -3.90. The molecule has 9 heteroatoms. The first kappa shape index (κ1) is 19.6. The van der Waals surface area contributed by atoms with Gasteiger partial charge in [-0.1, -0.05) is 24.6 Å². The lowest BCUT2D eigenvalue weighted by atomic mass is 10.2. The zero-order valence-electron chi connectivity index (χ0n) is 15.4. The molecule has 0 saturated heterocycles. The van der Waals surface area contributed by atoms with Crippen molar-refractivity contribution in [3.63, 3.8) is 0 Å². The van der Waals surface area contributed by atoms with Gasteiger partial charge in [-0.15, -0.1) is 0 Å². The van der Waals surface area contributed by atoms with E-state index in [9.17, 15) is 18.5 Å². The first-order valence-electron chi connectivity index (χ1n) is 8.62. The maximum absolute atomic E-state index is 13.0. The zero-order chi connectivity index (χ0) is 20.3. The quantitative estimate of drug-likeness (QED) is 0.441. The maximum Gasteiger partial charge on any atom is 0.311 e. The van der Waals surface area contributed by atoms with Gasteiger partial charge in [0.2, 0.25) is 0 Å². The lowest BCUT2D eigenvalue weighted by Gasteiger charge is -2.11. The summed E-state index contributed by atoms with van der Waals surface area (Å²) in [5.41, 5.74) is 0.993. The van der Waals surface area contributed by atoms with Crippen molar-refractivity contribution in [1.82, 2.24) is 8.96 Å². The Labute approximate surface area is 162 Å². The van der Waals surface area contributed by atoms with E-state index in [-0.39, 0.29) is 22.2 Å². The van der Waals surface area contributed by atoms with Gasteiger partial charge in [0.25, 0.3) is 10.0 Å². The van der Waals surface area contributed by atoms with Crippen LogP contribution in [0.5, 0.6) is 5.75 Å². The van der Waals surface area contributed by atoms with E-state index in [4.69, 9.17) is 4.74 Å². The highest BCUT2D eigenvalue weighted by atomic mass is 32.2. The Morgan fingerprint density at radius 3 is 2.54 bits per heavy atom. The molecule has 1 heterocycles. The maximum atomic E-state index is 13.0. The standard InChI is InChI=1S/C19H19N3O5S/c1-3-12-27-18-9-6-15(13-17(18)22(23)24)19-20-10-11-21(19)28(25,26)16-7-4-14(2)5-8-16/h4-11,13H,3,12H2,1-2H3. The minimum Gasteiger partial charge on any atom is -0.487 e. The second kappa shape index (κ2) is 7.81. The van der Waals surface area contributed by atoms with E-state index < -0.39 is 14.9 Å². The molecule has 1 aromatic heterocycles. The highest BCUT2D eigenvalue weighted by Crippen LogP contribution is 2.33. The molecule has 3 aromatic rings. The van der Waals surface area contributed by atoms with Crippen LogP contribution in [-0.4, -0.2) is 28.9 Å². The fraction of sp³-hybridized carbons (Fsp3) is 0.211. The molecule has 0 spiro atoms. The van der Waals surface area contributed by atoms with Crippen molar-refractivity contribution >= 4 is 15.7 Å². The summed E-state index contributed by atoms with van der Waals surface area (Å²) in [6, 6.07) is 10.7. The van der Waals surface area contributed by atoms with Gasteiger partial charge < -0.3 is 4.74 Å². The number of hydrogen-bond donors (Lipinski definition) is 0. The van der Waals surface area contributed by atoms with Gasteiger partial charge in [0.1, 0.15) is 0 Å². The van der Waals surface area contributed by atoms with Crippen molar-refractivity contribution in [3.8, 4) is 17.1 Å². The Morgan fingerprint density at radius 1 is 1.18 bits per heavy atom. The number of hydrogen-bond acceptors (Lipinski definition) is 6. The lowest BCUT2D eigenvalue weighted by Crippen LogP contribution is -2.13. The SMILES string of the molecule is CCCOc1ccc(-c2nccn2S(=O)(=O)c2ccc(C)cc2)cc1[N+](=O)[O-]. The normalized spacial score (nSPS) is 11.4. The highest BCUT2D eigenvalue weighted by Gasteiger charge is 2.23. The Hall–Kier alpha value is -3.20.